The third-order valence-corrected chi connectivity index (χ3v) is 5.39. The van der Waals surface area contributed by atoms with Gasteiger partial charge in [0, 0.05) is 49.6 Å². The lowest BCUT2D eigenvalue weighted by Gasteiger charge is -2.36. The average Bonchev–Trinajstić information content (AvgIpc) is 3.27. The highest BCUT2D eigenvalue weighted by molar-refractivity contribution is 5.71. The van der Waals surface area contributed by atoms with Gasteiger partial charge in [-0.15, -0.1) is 0 Å². The predicted molar refractivity (Wildman–Crippen MR) is 116 cm³/mol. The van der Waals surface area contributed by atoms with Gasteiger partial charge in [-0.2, -0.15) is 14.6 Å². The van der Waals surface area contributed by atoms with Crippen LogP contribution in [0.2, 0.25) is 0 Å². The van der Waals surface area contributed by atoms with Gasteiger partial charge < -0.3 is 9.80 Å². The lowest BCUT2D eigenvalue weighted by atomic mass is 10.1. The summed E-state index contributed by atoms with van der Waals surface area (Å²) in [6.45, 7) is 4.93. The Kier molecular flexibility index (Phi) is 4.66. The summed E-state index contributed by atoms with van der Waals surface area (Å²) in [7, 11) is 0. The van der Waals surface area contributed by atoms with Crippen LogP contribution in [0.15, 0.2) is 54.9 Å². The topological polar surface area (TPSA) is 106 Å². The van der Waals surface area contributed by atoms with E-state index < -0.39 is 0 Å². The first kappa shape index (κ1) is 18.9. The number of piperazine rings is 1. The fraction of sp³-hybridized carbons (Fsp3) is 0.238. The molecule has 10 nitrogen and oxygen atoms in total. The summed E-state index contributed by atoms with van der Waals surface area (Å²) in [5.41, 5.74) is 2.02. The van der Waals surface area contributed by atoms with Crippen molar-refractivity contribution in [2.75, 3.05) is 36.0 Å². The normalized spacial score (nSPS) is 14.2. The van der Waals surface area contributed by atoms with Gasteiger partial charge in [0.15, 0.2) is 5.69 Å². The average molecular weight is 416 g/mol. The molecule has 10 heteroatoms. The first-order valence-corrected chi connectivity index (χ1v) is 9.98. The van der Waals surface area contributed by atoms with Gasteiger partial charge in [0.25, 0.3) is 11.5 Å². The fourth-order valence-corrected chi connectivity index (χ4v) is 3.87. The number of nitro groups is 1. The van der Waals surface area contributed by atoms with Crippen LogP contribution in [0.25, 0.3) is 17.0 Å². The number of fused-ring (bicyclic) bond motifs is 1. The number of hydrogen-bond acceptors (Lipinski definition) is 8. The second kappa shape index (κ2) is 7.63. The van der Waals surface area contributed by atoms with Crippen LogP contribution in [0.4, 0.5) is 17.3 Å². The Labute approximate surface area is 178 Å². The van der Waals surface area contributed by atoms with Gasteiger partial charge in [0.1, 0.15) is 18.0 Å². The maximum atomic E-state index is 11.5. The maximum absolute atomic E-state index is 11.5. The molecular formula is C21H20N8O2. The SMILES string of the molecule is Cc1cc(N2CCN(c3ccc([N+](=O)[O-])c(-c4ccccc4)n3)CC2)n2ncnc2n1. The van der Waals surface area contributed by atoms with Gasteiger partial charge in [-0.25, -0.2) is 9.97 Å². The molecule has 3 aromatic heterocycles. The quantitative estimate of drug-likeness (QED) is 0.369. The van der Waals surface area contributed by atoms with Crippen molar-refractivity contribution in [1.29, 1.82) is 0 Å². The van der Waals surface area contributed by atoms with Crippen LogP contribution in [0.1, 0.15) is 5.69 Å². The molecule has 0 bridgehead atoms. The van der Waals surface area contributed by atoms with Gasteiger partial charge in [-0.3, -0.25) is 10.1 Å². The summed E-state index contributed by atoms with van der Waals surface area (Å²) >= 11 is 0. The summed E-state index contributed by atoms with van der Waals surface area (Å²) in [5, 5.41) is 15.8. The van der Waals surface area contributed by atoms with E-state index in [-0.39, 0.29) is 10.6 Å². The van der Waals surface area contributed by atoms with Crippen LogP contribution in [0, 0.1) is 17.0 Å². The second-order valence-corrected chi connectivity index (χ2v) is 7.36. The molecule has 4 aromatic rings. The Morgan fingerprint density at radius 1 is 0.968 bits per heavy atom. The molecule has 4 heterocycles. The van der Waals surface area contributed by atoms with E-state index in [0.29, 0.717) is 11.5 Å². The van der Waals surface area contributed by atoms with Crippen LogP contribution >= 0.6 is 0 Å². The number of nitrogens with zero attached hydrogens (tertiary/aromatic N) is 8. The van der Waals surface area contributed by atoms with Crippen LogP contribution in [0.5, 0.6) is 0 Å². The van der Waals surface area contributed by atoms with E-state index >= 15 is 0 Å². The monoisotopic (exact) mass is 416 g/mol. The van der Waals surface area contributed by atoms with Gasteiger partial charge in [-0.05, 0) is 13.0 Å². The minimum Gasteiger partial charge on any atom is -0.353 e. The minimum absolute atomic E-state index is 0.00872. The molecule has 1 aliphatic heterocycles. The van der Waals surface area contributed by atoms with E-state index in [0.717, 1.165) is 49.1 Å². The zero-order valence-corrected chi connectivity index (χ0v) is 16.9. The number of benzene rings is 1. The molecule has 0 amide bonds. The van der Waals surface area contributed by atoms with Crippen molar-refractivity contribution < 1.29 is 4.92 Å². The Morgan fingerprint density at radius 3 is 2.45 bits per heavy atom. The predicted octanol–water partition coefficient (Wildman–Crippen LogP) is 2.73. The largest absolute Gasteiger partial charge is 0.353 e. The molecule has 0 saturated carbocycles. The first-order chi connectivity index (χ1) is 15.1. The third-order valence-electron chi connectivity index (χ3n) is 5.39. The van der Waals surface area contributed by atoms with E-state index in [1.165, 1.54) is 6.33 Å². The fourth-order valence-electron chi connectivity index (χ4n) is 3.87. The summed E-state index contributed by atoms with van der Waals surface area (Å²) in [6, 6.07) is 14.6. The molecule has 0 N–H and O–H groups in total. The Bertz CT molecular complexity index is 1250. The second-order valence-electron chi connectivity index (χ2n) is 7.36. The van der Waals surface area contributed by atoms with Crippen molar-refractivity contribution in [3.05, 3.63) is 70.7 Å². The molecule has 5 rings (SSSR count). The van der Waals surface area contributed by atoms with Crippen molar-refractivity contribution in [3.63, 3.8) is 0 Å². The van der Waals surface area contributed by atoms with Gasteiger partial charge in [-0.1, -0.05) is 30.3 Å². The van der Waals surface area contributed by atoms with E-state index in [1.54, 1.807) is 16.6 Å². The Balaban J connectivity index is 1.41. The highest BCUT2D eigenvalue weighted by Crippen LogP contribution is 2.31. The molecule has 1 aliphatic rings. The van der Waals surface area contributed by atoms with Gasteiger partial charge in [0.05, 0.1) is 4.92 Å². The zero-order valence-electron chi connectivity index (χ0n) is 16.9. The van der Waals surface area contributed by atoms with Crippen molar-refractivity contribution in [1.82, 2.24) is 24.6 Å². The summed E-state index contributed by atoms with van der Waals surface area (Å²) in [5.74, 6) is 2.28. The van der Waals surface area contributed by atoms with Crippen molar-refractivity contribution in [2.24, 2.45) is 0 Å². The summed E-state index contributed by atoms with van der Waals surface area (Å²) in [6.07, 6.45) is 1.51. The first-order valence-electron chi connectivity index (χ1n) is 9.98. The van der Waals surface area contributed by atoms with Crippen molar-refractivity contribution in [3.8, 4) is 11.3 Å². The molecule has 0 aliphatic carbocycles. The standard InChI is InChI=1S/C21H20N8O2/c1-15-13-19(28-21(24-15)22-14-23-28)27-11-9-26(10-12-27)18-8-7-17(29(30)31)20(25-18)16-5-3-2-4-6-16/h2-8,13-14H,9-12H2,1H3. The van der Waals surface area contributed by atoms with Crippen molar-refractivity contribution in [2.45, 2.75) is 6.92 Å². The molecule has 1 saturated heterocycles. The number of aryl methyl sites for hydroxylation is 1. The molecule has 0 atom stereocenters. The lowest BCUT2D eigenvalue weighted by molar-refractivity contribution is -0.384. The minimum atomic E-state index is -0.383. The maximum Gasteiger partial charge on any atom is 0.295 e. The van der Waals surface area contributed by atoms with E-state index in [1.807, 2.05) is 43.3 Å². The number of pyridine rings is 1. The molecule has 156 valence electrons. The van der Waals surface area contributed by atoms with Crippen LogP contribution in [-0.2, 0) is 0 Å². The highest BCUT2D eigenvalue weighted by atomic mass is 16.6. The van der Waals surface area contributed by atoms with E-state index in [4.69, 9.17) is 0 Å². The Hall–Kier alpha value is -4.08. The zero-order chi connectivity index (χ0) is 21.4. The van der Waals surface area contributed by atoms with Gasteiger partial charge >= 0.3 is 0 Å². The third kappa shape index (κ3) is 3.52. The van der Waals surface area contributed by atoms with Gasteiger partial charge in [0.2, 0.25) is 0 Å². The smallest absolute Gasteiger partial charge is 0.295 e. The highest BCUT2D eigenvalue weighted by Gasteiger charge is 2.24. The number of anilines is 2. The number of aromatic nitrogens is 5. The Morgan fingerprint density at radius 2 is 1.71 bits per heavy atom. The lowest BCUT2D eigenvalue weighted by Crippen LogP contribution is -2.47. The molecule has 0 spiro atoms. The molecular weight excluding hydrogens is 396 g/mol. The van der Waals surface area contributed by atoms with Crippen LogP contribution < -0.4 is 9.80 Å². The summed E-state index contributed by atoms with van der Waals surface area (Å²) < 4.78 is 1.75. The molecule has 0 radical (unpaired) electrons. The van der Waals surface area contributed by atoms with E-state index in [9.17, 15) is 10.1 Å². The van der Waals surface area contributed by atoms with Crippen LogP contribution in [-0.4, -0.2) is 55.7 Å². The molecule has 31 heavy (non-hydrogen) atoms. The van der Waals surface area contributed by atoms with Crippen LogP contribution in [0.3, 0.4) is 0 Å². The molecule has 1 aromatic carbocycles. The summed E-state index contributed by atoms with van der Waals surface area (Å²) in [4.78, 5) is 28.8. The van der Waals surface area contributed by atoms with Crippen molar-refractivity contribution >= 4 is 23.1 Å². The number of rotatable bonds is 4. The van der Waals surface area contributed by atoms with E-state index in [2.05, 4.69) is 29.9 Å². The number of hydrogen-bond donors (Lipinski definition) is 0. The molecule has 0 unspecified atom stereocenters. The molecule has 1 fully saturated rings.